The summed E-state index contributed by atoms with van der Waals surface area (Å²) in [5.74, 6) is -0.491. The average Bonchev–Trinajstić information content (AvgIpc) is 3.29. The van der Waals surface area contributed by atoms with Crippen molar-refractivity contribution in [2.75, 3.05) is 26.9 Å². The summed E-state index contributed by atoms with van der Waals surface area (Å²) in [5, 5.41) is 9.04. The van der Waals surface area contributed by atoms with E-state index in [0.717, 1.165) is 104 Å². The first-order valence-corrected chi connectivity index (χ1v) is 24.8. The summed E-state index contributed by atoms with van der Waals surface area (Å²) in [6.07, 6.45) is 36.1. The van der Waals surface area contributed by atoms with Crippen LogP contribution >= 0.6 is 0 Å². The van der Waals surface area contributed by atoms with Crippen LogP contribution in [0.4, 0.5) is 0 Å². The molecule has 0 saturated carbocycles. The number of esters is 1. The molecule has 0 aliphatic carbocycles. The van der Waals surface area contributed by atoms with E-state index >= 15 is 0 Å². The zero-order valence-corrected chi connectivity index (χ0v) is 46.3. The Balaban J connectivity index is -0.000000559. The molecule has 0 amide bonds. The van der Waals surface area contributed by atoms with Gasteiger partial charge in [-0.2, -0.15) is 0 Å². The molecule has 0 aliphatic rings. The Bertz CT molecular complexity index is 1660. The summed E-state index contributed by atoms with van der Waals surface area (Å²) in [4.78, 5) is 11.4. The van der Waals surface area contributed by atoms with Gasteiger partial charge in [0.15, 0.2) is 6.10 Å². The number of allylic oxidation sites excluding steroid dienone is 16. The number of methoxy groups -OCH3 is 1. The van der Waals surface area contributed by atoms with Gasteiger partial charge in [-0.25, -0.2) is 4.79 Å². The monoisotopic (exact) mass is 947 g/mol. The van der Waals surface area contributed by atoms with Crippen LogP contribution in [-0.2, 0) is 28.4 Å². The van der Waals surface area contributed by atoms with E-state index in [-0.39, 0.29) is 37.3 Å². The smallest absolute Gasteiger partial charge is 0.334 e. The molecule has 0 spiro atoms. The van der Waals surface area contributed by atoms with Gasteiger partial charge in [0.2, 0.25) is 0 Å². The molecule has 1 N–H and O–H groups in total. The van der Waals surface area contributed by atoms with Crippen molar-refractivity contribution >= 4 is 20.3 Å². The van der Waals surface area contributed by atoms with E-state index in [1.807, 2.05) is 6.08 Å². The van der Waals surface area contributed by atoms with E-state index in [0.29, 0.717) is 13.2 Å². The minimum atomic E-state index is -0.809. The van der Waals surface area contributed by atoms with Crippen LogP contribution in [0.25, 0.3) is 0 Å². The molecule has 2 unspecified atom stereocenters. The fourth-order valence-electron chi connectivity index (χ4n) is 5.90. The second-order valence-electron chi connectivity index (χ2n) is 19.6. The number of carbonyl (C=O) groups is 1. The van der Waals surface area contributed by atoms with Gasteiger partial charge in [0.1, 0.15) is 0 Å². The third-order valence-electron chi connectivity index (χ3n) is 10.6. The van der Waals surface area contributed by atoms with Crippen LogP contribution in [0.3, 0.4) is 0 Å². The molecule has 386 valence electrons. The topological polar surface area (TPSA) is 99.1 Å². The van der Waals surface area contributed by atoms with Crippen molar-refractivity contribution in [3.63, 3.8) is 0 Å². The molecule has 2 atom stereocenters. The number of ether oxygens (including phenoxy) is 3. The molecule has 0 aromatic rings. The van der Waals surface area contributed by atoms with Crippen LogP contribution in [0.5, 0.6) is 0 Å². The van der Waals surface area contributed by atoms with Gasteiger partial charge >= 0.3 is 43.3 Å². The number of rotatable bonds is 32. The molecule has 0 radical (unpaired) electrons. The number of hydrogen-bond donors (Lipinski definition) is 1. The van der Waals surface area contributed by atoms with Crippen molar-refractivity contribution < 1.29 is 36.3 Å². The molecular formula is C59H102B2O7. The molecule has 0 rings (SSSR count). The van der Waals surface area contributed by atoms with E-state index in [1.165, 1.54) is 65.3 Å². The van der Waals surface area contributed by atoms with Gasteiger partial charge in [0.25, 0.3) is 0 Å². The fraction of sp³-hybridized carbons (Fsp3) is 0.644. The second-order valence-corrected chi connectivity index (χ2v) is 19.6. The molecule has 0 bridgehead atoms. The molecule has 0 aliphatic heterocycles. The largest absolute Gasteiger partial charge is 0.467 e. The SMILES string of the molecule is CB=O.CB=O.[2H]CC(CO)OC/C=C(/C)CC/C=C/C(C)(C)CCC(=C)C/C=C(\C)CCC=C(C)C.[2H]CC(OC/C=C(/C)CC/C=C/C(C)(C)CCC(=C)C/C=C(\C)CCC=C(C)C)C(=O)OC. The summed E-state index contributed by atoms with van der Waals surface area (Å²) in [6, 6.07) is 0. The maximum Gasteiger partial charge on any atom is 0.334 e. The van der Waals surface area contributed by atoms with Gasteiger partial charge in [-0.3, -0.25) is 0 Å². The first-order chi connectivity index (χ1) is 32.9. The van der Waals surface area contributed by atoms with Crippen LogP contribution in [0.1, 0.15) is 190 Å². The van der Waals surface area contributed by atoms with Gasteiger partial charge < -0.3 is 19.3 Å². The van der Waals surface area contributed by atoms with Crippen molar-refractivity contribution in [2.24, 2.45) is 10.8 Å². The number of carbonyl (C=O) groups excluding carboxylic acids is 1. The van der Waals surface area contributed by atoms with Gasteiger partial charge in [0.05, 0.1) is 33.0 Å². The number of aliphatic hydroxyl groups excluding tert-OH is 1. The summed E-state index contributed by atoms with van der Waals surface area (Å²) in [7, 11) is 2.81. The van der Waals surface area contributed by atoms with E-state index in [2.05, 4.69) is 156 Å². The van der Waals surface area contributed by atoms with Gasteiger partial charge in [-0.05, 0) is 170 Å². The third-order valence-corrected chi connectivity index (χ3v) is 10.6. The molecule has 0 saturated heterocycles. The van der Waals surface area contributed by atoms with E-state index in [1.54, 1.807) is 0 Å². The summed E-state index contributed by atoms with van der Waals surface area (Å²) in [5.41, 5.74) is 11.1. The van der Waals surface area contributed by atoms with Gasteiger partial charge in [0, 0.05) is 2.74 Å². The van der Waals surface area contributed by atoms with E-state index in [9.17, 15) is 4.79 Å². The first kappa shape index (κ1) is 66.6. The molecule has 0 aromatic heterocycles. The molecule has 0 aromatic carbocycles. The van der Waals surface area contributed by atoms with Crippen molar-refractivity contribution in [1.29, 1.82) is 0 Å². The van der Waals surface area contributed by atoms with Crippen molar-refractivity contribution in [3.05, 3.63) is 119 Å². The zero-order chi connectivity index (χ0) is 54.4. The Morgan fingerprint density at radius 1 is 0.603 bits per heavy atom. The van der Waals surface area contributed by atoms with Crippen LogP contribution in [0.15, 0.2) is 119 Å². The first-order valence-electron chi connectivity index (χ1n) is 26.2. The number of aliphatic hydroxyl groups is 1. The van der Waals surface area contributed by atoms with Gasteiger partial charge in [-0.15, -0.1) is 0 Å². The molecular weight excluding hydrogens is 842 g/mol. The fourth-order valence-corrected chi connectivity index (χ4v) is 5.90. The van der Waals surface area contributed by atoms with Gasteiger partial charge in [-0.1, -0.05) is 146 Å². The Morgan fingerprint density at radius 3 is 1.31 bits per heavy atom. The van der Waals surface area contributed by atoms with Crippen LogP contribution in [-0.4, -0.2) is 64.5 Å². The van der Waals surface area contributed by atoms with Crippen molar-refractivity contribution in [2.45, 2.75) is 213 Å². The average molecular weight is 947 g/mol. The minimum absolute atomic E-state index is 0.0905. The van der Waals surface area contributed by atoms with Crippen LogP contribution in [0.2, 0.25) is 13.6 Å². The van der Waals surface area contributed by atoms with Crippen molar-refractivity contribution in [1.82, 2.24) is 0 Å². The van der Waals surface area contributed by atoms with E-state index < -0.39 is 12.1 Å². The molecule has 9 heteroatoms. The number of hydrogen-bond acceptors (Lipinski definition) is 7. The van der Waals surface area contributed by atoms with Crippen molar-refractivity contribution in [3.8, 4) is 0 Å². The quantitative estimate of drug-likeness (QED) is 0.0407. The maximum atomic E-state index is 11.4. The Morgan fingerprint density at radius 2 is 0.971 bits per heavy atom. The zero-order valence-electron chi connectivity index (χ0n) is 48.3. The third kappa shape index (κ3) is 53.4. The Labute approximate surface area is 423 Å². The predicted molar refractivity (Wildman–Crippen MR) is 297 cm³/mol. The molecule has 68 heavy (non-hydrogen) atoms. The molecule has 0 heterocycles. The normalized spacial score (nSPS) is 13.5. The molecule has 7 nitrogen and oxygen atoms in total. The van der Waals surface area contributed by atoms with E-state index in [4.69, 9.17) is 26.7 Å². The van der Waals surface area contributed by atoms with Crippen LogP contribution < -0.4 is 0 Å². The second kappa shape index (κ2) is 45.9. The molecule has 0 fully saturated rings. The standard InChI is InChI=1S/C29H48O3.C28H48O2.2CH3BO/c1-23(2)13-12-15-24(3)16-17-26(5)18-21-29(7,8)20-11-10-14-25(4)19-22-32-27(6)28(30)31-9;1-23(2)12-11-14-24(3)15-16-26(5)17-20-28(7,8)19-10-9-13-25(4)18-21-30-27(6)22-29;2*1-2-3/h11,13,16,19-20,27H,5,10,12,14-15,17-18,21-22H2,1-4,6-9H3;10,12,15,18-19,27,29H,5,9,11,13-14,16-17,20-22H2,1-4,6-8H3;2*1H3/b20-11+,24-16+,25-19-;19-10+,24-15+,25-18-;;/i2*6D;;. The maximum absolute atomic E-state index is 11.4. The summed E-state index contributed by atoms with van der Waals surface area (Å²) >= 11 is 0. The van der Waals surface area contributed by atoms with Crippen LogP contribution in [0, 0.1) is 10.8 Å². The Hall–Kier alpha value is -3.52. The Kier molecular flexibility index (Phi) is 44.9. The summed E-state index contributed by atoms with van der Waals surface area (Å²) in [6.45, 7) is 38.5. The minimum Gasteiger partial charge on any atom is -0.467 e. The predicted octanol–water partition coefficient (Wildman–Crippen LogP) is 16.6. The summed E-state index contributed by atoms with van der Waals surface area (Å²) < 4.78 is 47.7.